The first-order chi connectivity index (χ1) is 7.22. The predicted molar refractivity (Wildman–Crippen MR) is 61.0 cm³/mol. The number of para-hydroxylation sites is 1. The number of carboxylic acid groups (broad SMARTS) is 1. The maximum absolute atomic E-state index is 10.6. The lowest BCUT2D eigenvalue weighted by molar-refractivity contribution is -0.137. The highest BCUT2D eigenvalue weighted by molar-refractivity contribution is 5.68. The molecule has 0 bridgehead atoms. The largest absolute Gasteiger partial charge is 0.481 e. The lowest BCUT2D eigenvalue weighted by atomic mass is 10.1. The molecule has 0 saturated heterocycles. The van der Waals surface area contributed by atoms with Gasteiger partial charge >= 0.3 is 5.97 Å². The van der Waals surface area contributed by atoms with E-state index >= 15 is 0 Å². The molecule has 1 rings (SSSR count). The van der Waals surface area contributed by atoms with Crippen molar-refractivity contribution in [1.82, 2.24) is 0 Å². The third-order valence-electron chi connectivity index (χ3n) is 2.20. The average molecular weight is 207 g/mol. The molecule has 2 N–H and O–H groups in total. The molecule has 0 saturated carbocycles. The fourth-order valence-electron chi connectivity index (χ4n) is 1.55. The van der Waals surface area contributed by atoms with Gasteiger partial charge in [0.25, 0.3) is 0 Å². The molecule has 1 unspecified atom stereocenters. The number of hydrogen-bond donors (Lipinski definition) is 2. The molecule has 0 radical (unpaired) electrons. The molecule has 0 aliphatic heterocycles. The Morgan fingerprint density at radius 2 is 2.07 bits per heavy atom. The van der Waals surface area contributed by atoms with Crippen molar-refractivity contribution in [3.05, 3.63) is 30.3 Å². The quantitative estimate of drug-likeness (QED) is 0.754. The topological polar surface area (TPSA) is 49.3 Å². The molecule has 0 fully saturated rings. The molecule has 0 aliphatic carbocycles. The van der Waals surface area contributed by atoms with Crippen molar-refractivity contribution in [2.75, 3.05) is 5.32 Å². The van der Waals surface area contributed by atoms with Crippen LogP contribution in [0.2, 0.25) is 0 Å². The Balaban J connectivity index is 2.54. The summed E-state index contributed by atoms with van der Waals surface area (Å²) in [7, 11) is 0. The van der Waals surface area contributed by atoms with E-state index in [1.165, 1.54) is 0 Å². The van der Waals surface area contributed by atoms with Crippen LogP contribution in [-0.2, 0) is 4.79 Å². The first kappa shape index (κ1) is 11.6. The smallest absolute Gasteiger partial charge is 0.305 e. The van der Waals surface area contributed by atoms with Gasteiger partial charge in [0.05, 0.1) is 6.42 Å². The minimum absolute atomic E-state index is 0.0231. The number of nitrogens with one attached hydrogen (secondary N) is 1. The van der Waals surface area contributed by atoms with Gasteiger partial charge < -0.3 is 10.4 Å². The Morgan fingerprint density at radius 1 is 1.40 bits per heavy atom. The average Bonchev–Trinajstić information content (AvgIpc) is 2.18. The second-order valence-electron chi connectivity index (χ2n) is 3.59. The minimum Gasteiger partial charge on any atom is -0.481 e. The summed E-state index contributed by atoms with van der Waals surface area (Å²) in [5.74, 6) is -0.753. The Morgan fingerprint density at radius 3 is 2.60 bits per heavy atom. The highest BCUT2D eigenvalue weighted by atomic mass is 16.4. The Kier molecular flexibility index (Phi) is 4.68. The van der Waals surface area contributed by atoms with Crippen molar-refractivity contribution < 1.29 is 9.90 Å². The van der Waals surface area contributed by atoms with Gasteiger partial charge in [-0.25, -0.2) is 0 Å². The number of benzene rings is 1. The maximum Gasteiger partial charge on any atom is 0.305 e. The molecule has 3 heteroatoms. The van der Waals surface area contributed by atoms with Gasteiger partial charge in [-0.2, -0.15) is 0 Å². The molecule has 1 atom stereocenters. The van der Waals surface area contributed by atoms with Crippen molar-refractivity contribution in [1.29, 1.82) is 0 Å². The number of carboxylic acids is 1. The van der Waals surface area contributed by atoms with Gasteiger partial charge in [0.1, 0.15) is 0 Å². The molecule has 0 aromatic heterocycles. The maximum atomic E-state index is 10.6. The van der Waals surface area contributed by atoms with E-state index in [4.69, 9.17) is 5.11 Å². The number of aliphatic carboxylic acids is 1. The van der Waals surface area contributed by atoms with Gasteiger partial charge in [0.15, 0.2) is 0 Å². The summed E-state index contributed by atoms with van der Waals surface area (Å²) in [4.78, 5) is 10.6. The van der Waals surface area contributed by atoms with Crippen LogP contribution in [0.4, 0.5) is 5.69 Å². The number of hydrogen-bond acceptors (Lipinski definition) is 2. The predicted octanol–water partition coefficient (Wildman–Crippen LogP) is 2.74. The van der Waals surface area contributed by atoms with Gasteiger partial charge in [0, 0.05) is 11.7 Å². The molecule has 82 valence electrons. The Hall–Kier alpha value is -1.51. The Labute approximate surface area is 90.1 Å². The van der Waals surface area contributed by atoms with Gasteiger partial charge in [-0.15, -0.1) is 0 Å². The van der Waals surface area contributed by atoms with E-state index in [1.807, 2.05) is 30.3 Å². The number of anilines is 1. The second kappa shape index (κ2) is 6.06. The summed E-state index contributed by atoms with van der Waals surface area (Å²) >= 11 is 0. The fourth-order valence-corrected chi connectivity index (χ4v) is 1.55. The van der Waals surface area contributed by atoms with Crippen LogP contribution < -0.4 is 5.32 Å². The van der Waals surface area contributed by atoms with Gasteiger partial charge in [-0.05, 0) is 18.6 Å². The molecule has 0 amide bonds. The first-order valence-electron chi connectivity index (χ1n) is 5.25. The van der Waals surface area contributed by atoms with Crippen LogP contribution in [0, 0.1) is 0 Å². The molecule has 3 nitrogen and oxygen atoms in total. The molecule has 0 spiro atoms. The van der Waals surface area contributed by atoms with Crippen LogP contribution in [0.1, 0.15) is 26.2 Å². The van der Waals surface area contributed by atoms with E-state index in [-0.39, 0.29) is 12.5 Å². The van der Waals surface area contributed by atoms with Gasteiger partial charge in [0.2, 0.25) is 0 Å². The van der Waals surface area contributed by atoms with Crippen LogP contribution in [0.15, 0.2) is 30.3 Å². The summed E-state index contributed by atoms with van der Waals surface area (Å²) in [6.07, 6.45) is 2.03. The van der Waals surface area contributed by atoms with Crippen molar-refractivity contribution in [3.8, 4) is 0 Å². The summed E-state index contributed by atoms with van der Waals surface area (Å²) in [5.41, 5.74) is 0.984. The van der Waals surface area contributed by atoms with Crippen molar-refractivity contribution in [3.63, 3.8) is 0 Å². The van der Waals surface area contributed by atoms with E-state index in [2.05, 4.69) is 12.2 Å². The van der Waals surface area contributed by atoms with E-state index in [0.29, 0.717) is 0 Å². The van der Waals surface area contributed by atoms with E-state index < -0.39 is 5.97 Å². The monoisotopic (exact) mass is 207 g/mol. The lowest BCUT2D eigenvalue weighted by Crippen LogP contribution is -2.22. The van der Waals surface area contributed by atoms with Crippen molar-refractivity contribution >= 4 is 11.7 Å². The van der Waals surface area contributed by atoms with Gasteiger partial charge in [-0.1, -0.05) is 31.5 Å². The standard InChI is InChI=1S/C12H17NO2/c1-2-6-11(9-12(14)15)13-10-7-4-3-5-8-10/h3-5,7-8,11,13H,2,6,9H2,1H3,(H,14,15). The molecular weight excluding hydrogens is 190 g/mol. The van der Waals surface area contributed by atoms with Crippen molar-refractivity contribution in [2.45, 2.75) is 32.2 Å². The van der Waals surface area contributed by atoms with Gasteiger partial charge in [-0.3, -0.25) is 4.79 Å². The Bertz CT molecular complexity index is 298. The van der Waals surface area contributed by atoms with Crippen LogP contribution in [0.3, 0.4) is 0 Å². The molecule has 1 aromatic rings. The van der Waals surface area contributed by atoms with Crippen LogP contribution in [-0.4, -0.2) is 17.1 Å². The number of carbonyl (C=O) groups is 1. The van der Waals surface area contributed by atoms with Crippen LogP contribution >= 0.6 is 0 Å². The molecule has 1 aromatic carbocycles. The van der Waals surface area contributed by atoms with E-state index in [9.17, 15) is 4.79 Å². The number of rotatable bonds is 6. The molecule has 0 aliphatic rings. The minimum atomic E-state index is -0.753. The molecule has 0 heterocycles. The fraction of sp³-hybridized carbons (Fsp3) is 0.417. The summed E-state index contributed by atoms with van der Waals surface area (Å²) < 4.78 is 0. The van der Waals surface area contributed by atoms with E-state index in [1.54, 1.807) is 0 Å². The first-order valence-corrected chi connectivity index (χ1v) is 5.25. The highest BCUT2D eigenvalue weighted by Gasteiger charge is 2.11. The zero-order chi connectivity index (χ0) is 11.1. The lowest BCUT2D eigenvalue weighted by Gasteiger charge is -2.17. The van der Waals surface area contributed by atoms with Crippen molar-refractivity contribution in [2.24, 2.45) is 0 Å². The highest BCUT2D eigenvalue weighted by Crippen LogP contribution is 2.12. The summed E-state index contributed by atoms with van der Waals surface area (Å²) in [6.45, 7) is 2.06. The van der Waals surface area contributed by atoms with Crippen LogP contribution in [0.25, 0.3) is 0 Å². The summed E-state index contributed by atoms with van der Waals surface area (Å²) in [5, 5.41) is 12.0. The SMILES string of the molecule is CCCC(CC(=O)O)Nc1ccccc1. The summed E-state index contributed by atoms with van der Waals surface area (Å²) in [6, 6.07) is 9.74. The second-order valence-corrected chi connectivity index (χ2v) is 3.59. The van der Waals surface area contributed by atoms with E-state index in [0.717, 1.165) is 18.5 Å². The zero-order valence-electron chi connectivity index (χ0n) is 8.94. The molecular formula is C12H17NO2. The normalized spacial score (nSPS) is 12.1. The third kappa shape index (κ3) is 4.49. The molecule has 15 heavy (non-hydrogen) atoms. The zero-order valence-corrected chi connectivity index (χ0v) is 8.94. The third-order valence-corrected chi connectivity index (χ3v) is 2.20. The van der Waals surface area contributed by atoms with Crippen LogP contribution in [0.5, 0.6) is 0 Å².